The molecule has 1 saturated heterocycles. The van der Waals surface area contributed by atoms with Gasteiger partial charge in [0, 0.05) is 19.1 Å². The fourth-order valence-corrected chi connectivity index (χ4v) is 4.06. The topological polar surface area (TPSA) is 48.2 Å². The summed E-state index contributed by atoms with van der Waals surface area (Å²) in [6.07, 6.45) is 8.11. The Kier molecular flexibility index (Phi) is 4.17. The third-order valence-corrected chi connectivity index (χ3v) is 5.49. The second-order valence-electron chi connectivity index (χ2n) is 6.85. The summed E-state index contributed by atoms with van der Waals surface area (Å²) in [7, 11) is 0. The number of aromatic nitrogens is 2. The SMILES string of the molecule is c1ccc(C2(c3nc(C4CCCCC4)no3)CCOCC2)cc1. The highest BCUT2D eigenvalue weighted by Gasteiger charge is 2.41. The molecule has 122 valence electrons. The summed E-state index contributed by atoms with van der Waals surface area (Å²) < 4.78 is 11.4. The first kappa shape index (κ1) is 14.9. The molecular formula is C19H24N2O2. The molecule has 1 saturated carbocycles. The Hall–Kier alpha value is -1.68. The van der Waals surface area contributed by atoms with Crippen LogP contribution in [0.4, 0.5) is 0 Å². The Balaban J connectivity index is 1.68. The van der Waals surface area contributed by atoms with E-state index in [0.29, 0.717) is 5.92 Å². The maximum absolute atomic E-state index is 5.80. The fourth-order valence-electron chi connectivity index (χ4n) is 4.06. The van der Waals surface area contributed by atoms with Gasteiger partial charge in [0.1, 0.15) is 0 Å². The monoisotopic (exact) mass is 312 g/mol. The predicted octanol–water partition coefficient (Wildman–Crippen LogP) is 4.21. The molecule has 0 radical (unpaired) electrons. The van der Waals surface area contributed by atoms with Crippen molar-refractivity contribution in [1.29, 1.82) is 0 Å². The largest absolute Gasteiger partial charge is 0.381 e. The molecule has 23 heavy (non-hydrogen) atoms. The molecule has 1 aromatic carbocycles. The van der Waals surface area contributed by atoms with E-state index < -0.39 is 0 Å². The van der Waals surface area contributed by atoms with Crippen LogP contribution in [0.25, 0.3) is 0 Å². The van der Waals surface area contributed by atoms with Crippen molar-refractivity contribution in [1.82, 2.24) is 10.1 Å². The molecule has 2 fully saturated rings. The van der Waals surface area contributed by atoms with Gasteiger partial charge in [-0.1, -0.05) is 54.8 Å². The molecule has 1 aliphatic carbocycles. The van der Waals surface area contributed by atoms with Gasteiger partial charge >= 0.3 is 0 Å². The second kappa shape index (κ2) is 6.44. The predicted molar refractivity (Wildman–Crippen MR) is 87.4 cm³/mol. The van der Waals surface area contributed by atoms with Crippen LogP contribution < -0.4 is 0 Å². The first-order valence-electron chi connectivity index (χ1n) is 8.86. The number of ether oxygens (including phenoxy) is 1. The number of hydrogen-bond acceptors (Lipinski definition) is 4. The molecule has 0 N–H and O–H groups in total. The van der Waals surface area contributed by atoms with Crippen molar-refractivity contribution in [3.8, 4) is 0 Å². The van der Waals surface area contributed by atoms with Crippen molar-refractivity contribution in [3.63, 3.8) is 0 Å². The average molecular weight is 312 g/mol. The van der Waals surface area contributed by atoms with E-state index in [1.807, 2.05) is 0 Å². The molecule has 0 spiro atoms. The van der Waals surface area contributed by atoms with E-state index in [-0.39, 0.29) is 5.41 Å². The first-order chi connectivity index (χ1) is 11.4. The van der Waals surface area contributed by atoms with Crippen molar-refractivity contribution in [2.24, 2.45) is 0 Å². The summed E-state index contributed by atoms with van der Waals surface area (Å²) in [4.78, 5) is 4.87. The van der Waals surface area contributed by atoms with Crippen molar-refractivity contribution in [2.45, 2.75) is 56.3 Å². The van der Waals surface area contributed by atoms with Crippen LogP contribution in [-0.2, 0) is 10.2 Å². The van der Waals surface area contributed by atoms with Gasteiger partial charge in [0.2, 0.25) is 5.89 Å². The van der Waals surface area contributed by atoms with Gasteiger partial charge < -0.3 is 9.26 Å². The molecule has 1 aromatic heterocycles. The summed E-state index contributed by atoms with van der Waals surface area (Å²) in [6, 6.07) is 10.6. The molecule has 4 heteroatoms. The van der Waals surface area contributed by atoms with E-state index in [1.54, 1.807) is 0 Å². The smallest absolute Gasteiger partial charge is 0.237 e. The number of nitrogens with zero attached hydrogens (tertiary/aromatic N) is 2. The van der Waals surface area contributed by atoms with E-state index in [2.05, 4.69) is 35.5 Å². The summed E-state index contributed by atoms with van der Waals surface area (Å²) in [6.45, 7) is 1.49. The van der Waals surface area contributed by atoms with Crippen LogP contribution in [0.2, 0.25) is 0 Å². The standard InChI is InChI=1S/C19H24N2O2/c1-3-7-15(8-4-1)17-20-18(23-21-17)19(11-13-22-14-12-19)16-9-5-2-6-10-16/h2,5-6,9-10,15H,1,3-4,7-8,11-14H2. The molecule has 0 amide bonds. The van der Waals surface area contributed by atoms with E-state index in [4.69, 9.17) is 14.2 Å². The first-order valence-corrected chi connectivity index (χ1v) is 8.86. The maximum Gasteiger partial charge on any atom is 0.237 e. The Morgan fingerprint density at radius 1 is 0.957 bits per heavy atom. The summed E-state index contributed by atoms with van der Waals surface area (Å²) in [5, 5.41) is 4.36. The van der Waals surface area contributed by atoms with Gasteiger partial charge in [-0.3, -0.25) is 0 Å². The van der Waals surface area contributed by atoms with Gasteiger partial charge in [-0.2, -0.15) is 4.98 Å². The zero-order valence-electron chi connectivity index (χ0n) is 13.5. The number of benzene rings is 1. The lowest BCUT2D eigenvalue weighted by Gasteiger charge is -2.34. The van der Waals surface area contributed by atoms with Crippen LogP contribution in [0.1, 0.15) is 68.1 Å². The van der Waals surface area contributed by atoms with Crippen LogP contribution in [0.5, 0.6) is 0 Å². The Labute approximate surface area is 137 Å². The number of rotatable bonds is 3. The van der Waals surface area contributed by atoms with Gasteiger partial charge in [0.25, 0.3) is 0 Å². The van der Waals surface area contributed by atoms with Crippen LogP contribution >= 0.6 is 0 Å². The van der Waals surface area contributed by atoms with E-state index in [9.17, 15) is 0 Å². The Morgan fingerprint density at radius 2 is 1.70 bits per heavy atom. The lowest BCUT2D eigenvalue weighted by Crippen LogP contribution is -2.35. The molecule has 0 unspecified atom stereocenters. The normalized spacial score (nSPS) is 22.1. The van der Waals surface area contributed by atoms with Gasteiger partial charge in [-0.25, -0.2) is 0 Å². The zero-order valence-corrected chi connectivity index (χ0v) is 13.5. The molecule has 1 aliphatic heterocycles. The molecule has 4 rings (SSSR count). The lowest BCUT2D eigenvalue weighted by atomic mass is 9.74. The Bertz CT molecular complexity index is 626. The Morgan fingerprint density at radius 3 is 2.43 bits per heavy atom. The average Bonchev–Trinajstić information content (AvgIpc) is 3.14. The number of hydrogen-bond donors (Lipinski definition) is 0. The molecular weight excluding hydrogens is 288 g/mol. The minimum atomic E-state index is -0.181. The van der Waals surface area contributed by atoms with Crippen LogP contribution in [-0.4, -0.2) is 23.4 Å². The quantitative estimate of drug-likeness (QED) is 0.851. The van der Waals surface area contributed by atoms with E-state index >= 15 is 0 Å². The lowest BCUT2D eigenvalue weighted by molar-refractivity contribution is 0.0523. The highest BCUT2D eigenvalue weighted by atomic mass is 16.5. The van der Waals surface area contributed by atoms with Crippen molar-refractivity contribution >= 4 is 0 Å². The zero-order chi connectivity index (χ0) is 15.5. The van der Waals surface area contributed by atoms with Gasteiger partial charge in [-0.15, -0.1) is 0 Å². The minimum Gasteiger partial charge on any atom is -0.381 e. The summed E-state index contributed by atoms with van der Waals surface area (Å²) in [5.41, 5.74) is 1.08. The third-order valence-electron chi connectivity index (χ3n) is 5.49. The van der Waals surface area contributed by atoms with Crippen LogP contribution in [0, 0.1) is 0 Å². The van der Waals surface area contributed by atoms with Crippen molar-refractivity contribution in [3.05, 3.63) is 47.6 Å². The fraction of sp³-hybridized carbons (Fsp3) is 0.579. The summed E-state index contributed by atoms with van der Waals surface area (Å²) >= 11 is 0. The van der Waals surface area contributed by atoms with Crippen molar-refractivity contribution < 1.29 is 9.26 Å². The van der Waals surface area contributed by atoms with E-state index in [1.165, 1.54) is 37.7 Å². The second-order valence-corrected chi connectivity index (χ2v) is 6.85. The van der Waals surface area contributed by atoms with E-state index in [0.717, 1.165) is 37.8 Å². The summed E-state index contributed by atoms with van der Waals surface area (Å²) in [5.74, 6) is 2.18. The molecule has 2 aromatic rings. The molecule has 2 heterocycles. The highest BCUT2D eigenvalue weighted by molar-refractivity contribution is 5.32. The van der Waals surface area contributed by atoms with Gasteiger partial charge in [0.05, 0.1) is 5.41 Å². The van der Waals surface area contributed by atoms with Gasteiger partial charge in [0.15, 0.2) is 5.82 Å². The maximum atomic E-state index is 5.80. The highest BCUT2D eigenvalue weighted by Crippen LogP contribution is 2.41. The third kappa shape index (κ3) is 2.80. The molecule has 4 nitrogen and oxygen atoms in total. The minimum absolute atomic E-state index is 0.181. The molecule has 0 bridgehead atoms. The van der Waals surface area contributed by atoms with Crippen molar-refractivity contribution in [2.75, 3.05) is 13.2 Å². The van der Waals surface area contributed by atoms with Gasteiger partial charge in [-0.05, 0) is 31.2 Å². The molecule has 2 aliphatic rings. The van der Waals surface area contributed by atoms with Crippen LogP contribution in [0.15, 0.2) is 34.9 Å². The van der Waals surface area contributed by atoms with Crippen LogP contribution in [0.3, 0.4) is 0 Å². The molecule has 0 atom stereocenters.